The minimum Gasteiger partial charge on any atom is -0.394 e. The normalized spacial score (nSPS) is 18.8. The van der Waals surface area contributed by atoms with E-state index in [1.165, 1.54) is 0 Å². The third kappa shape index (κ3) is 2.44. The smallest absolute Gasteiger partial charge is 0.223 e. The molecule has 0 bridgehead atoms. The third-order valence-corrected chi connectivity index (χ3v) is 2.90. The summed E-state index contributed by atoms with van der Waals surface area (Å²) in [7, 11) is 0. The molecule has 1 rings (SSSR count). The second-order valence-electron chi connectivity index (χ2n) is 3.94. The van der Waals surface area contributed by atoms with Crippen molar-refractivity contribution in [2.45, 2.75) is 45.1 Å². The van der Waals surface area contributed by atoms with Crippen LogP contribution in [0.25, 0.3) is 0 Å². The van der Waals surface area contributed by atoms with Gasteiger partial charge in [-0.3, -0.25) is 4.79 Å². The number of carbonyl (C=O) groups excluding carboxylic acids is 1. The van der Waals surface area contributed by atoms with Crippen LogP contribution in [-0.4, -0.2) is 23.2 Å². The molecule has 0 radical (unpaired) electrons. The van der Waals surface area contributed by atoms with Crippen molar-refractivity contribution < 1.29 is 9.90 Å². The summed E-state index contributed by atoms with van der Waals surface area (Å²) >= 11 is 0. The summed E-state index contributed by atoms with van der Waals surface area (Å²) < 4.78 is 0. The lowest BCUT2D eigenvalue weighted by Crippen LogP contribution is -2.42. The van der Waals surface area contributed by atoms with Crippen molar-refractivity contribution in [1.82, 2.24) is 5.32 Å². The molecule has 0 heterocycles. The Hall–Kier alpha value is -0.570. The number of hydrogen-bond acceptors (Lipinski definition) is 2. The highest BCUT2D eigenvalue weighted by molar-refractivity contribution is 5.79. The standard InChI is InChI=1S/C10H19NO2/c1-3-8(4-2)9(13)11-10(7-12)5-6-10/h8,12H,3-7H2,1-2H3,(H,11,13). The molecular formula is C10H19NO2. The number of carbonyl (C=O) groups is 1. The van der Waals surface area contributed by atoms with Gasteiger partial charge in [0.05, 0.1) is 12.1 Å². The van der Waals surface area contributed by atoms with E-state index in [9.17, 15) is 4.79 Å². The average Bonchev–Trinajstić information content (AvgIpc) is 2.88. The van der Waals surface area contributed by atoms with E-state index in [2.05, 4.69) is 5.32 Å². The molecule has 0 unspecified atom stereocenters. The summed E-state index contributed by atoms with van der Waals surface area (Å²) in [5.41, 5.74) is -0.250. The molecule has 0 saturated heterocycles. The molecule has 0 atom stereocenters. The zero-order chi connectivity index (χ0) is 9.90. The average molecular weight is 185 g/mol. The van der Waals surface area contributed by atoms with E-state index in [4.69, 9.17) is 5.11 Å². The third-order valence-electron chi connectivity index (χ3n) is 2.90. The maximum Gasteiger partial charge on any atom is 0.223 e. The van der Waals surface area contributed by atoms with Gasteiger partial charge < -0.3 is 10.4 Å². The first-order valence-electron chi connectivity index (χ1n) is 5.10. The fourth-order valence-corrected chi connectivity index (χ4v) is 1.50. The Morgan fingerprint density at radius 1 is 1.46 bits per heavy atom. The molecule has 1 amide bonds. The van der Waals surface area contributed by atoms with E-state index in [1.54, 1.807) is 0 Å². The Balaban J connectivity index is 2.40. The molecule has 3 heteroatoms. The van der Waals surface area contributed by atoms with E-state index in [-0.39, 0.29) is 24.0 Å². The quantitative estimate of drug-likeness (QED) is 0.673. The summed E-state index contributed by atoms with van der Waals surface area (Å²) in [5.74, 6) is 0.223. The fourth-order valence-electron chi connectivity index (χ4n) is 1.50. The summed E-state index contributed by atoms with van der Waals surface area (Å²) in [4.78, 5) is 11.6. The van der Waals surface area contributed by atoms with Crippen molar-refractivity contribution >= 4 is 5.91 Å². The van der Waals surface area contributed by atoms with E-state index < -0.39 is 0 Å². The molecule has 0 spiro atoms. The van der Waals surface area contributed by atoms with Gasteiger partial charge in [-0.25, -0.2) is 0 Å². The molecule has 0 aliphatic heterocycles. The Bertz CT molecular complexity index is 183. The van der Waals surface area contributed by atoms with Crippen LogP contribution in [0.5, 0.6) is 0 Å². The molecule has 1 fully saturated rings. The molecule has 2 N–H and O–H groups in total. The van der Waals surface area contributed by atoms with Crippen LogP contribution >= 0.6 is 0 Å². The molecule has 76 valence electrons. The summed E-state index contributed by atoms with van der Waals surface area (Å²) in [6.45, 7) is 4.12. The lowest BCUT2D eigenvalue weighted by atomic mass is 10.0. The molecule has 1 saturated carbocycles. The lowest BCUT2D eigenvalue weighted by Gasteiger charge is -2.18. The largest absolute Gasteiger partial charge is 0.394 e. The van der Waals surface area contributed by atoms with Crippen LogP contribution in [0.3, 0.4) is 0 Å². The SMILES string of the molecule is CCC(CC)C(=O)NC1(CO)CC1. The van der Waals surface area contributed by atoms with Crippen molar-refractivity contribution in [3.63, 3.8) is 0 Å². The predicted molar refractivity (Wildman–Crippen MR) is 51.3 cm³/mol. The van der Waals surface area contributed by atoms with Gasteiger partial charge >= 0.3 is 0 Å². The van der Waals surface area contributed by atoms with E-state index in [1.807, 2.05) is 13.8 Å². The first-order chi connectivity index (χ1) is 6.17. The Kier molecular flexibility index (Phi) is 3.31. The molecule has 1 aliphatic carbocycles. The first-order valence-corrected chi connectivity index (χ1v) is 5.10. The number of aliphatic hydroxyl groups excluding tert-OH is 1. The van der Waals surface area contributed by atoms with Crippen molar-refractivity contribution in [3.8, 4) is 0 Å². The first kappa shape index (κ1) is 10.5. The minimum absolute atomic E-state index is 0.0822. The topological polar surface area (TPSA) is 49.3 Å². The second-order valence-corrected chi connectivity index (χ2v) is 3.94. The lowest BCUT2D eigenvalue weighted by molar-refractivity contribution is -0.126. The molecule has 13 heavy (non-hydrogen) atoms. The van der Waals surface area contributed by atoms with Crippen LogP contribution in [0.15, 0.2) is 0 Å². The van der Waals surface area contributed by atoms with Gasteiger partial charge in [0.25, 0.3) is 0 Å². The monoisotopic (exact) mass is 185 g/mol. The van der Waals surface area contributed by atoms with Crippen molar-refractivity contribution in [1.29, 1.82) is 0 Å². The maximum absolute atomic E-state index is 11.6. The van der Waals surface area contributed by atoms with Crippen LogP contribution in [0.2, 0.25) is 0 Å². The summed E-state index contributed by atoms with van der Waals surface area (Å²) in [6.07, 6.45) is 3.61. The van der Waals surface area contributed by atoms with Crippen molar-refractivity contribution in [2.75, 3.05) is 6.61 Å². The van der Waals surface area contributed by atoms with Crippen LogP contribution in [0.1, 0.15) is 39.5 Å². The molecule has 0 aromatic heterocycles. The zero-order valence-electron chi connectivity index (χ0n) is 8.47. The van der Waals surface area contributed by atoms with Crippen LogP contribution in [0.4, 0.5) is 0 Å². The van der Waals surface area contributed by atoms with Crippen LogP contribution < -0.4 is 5.32 Å². The molecular weight excluding hydrogens is 166 g/mol. The van der Waals surface area contributed by atoms with E-state index >= 15 is 0 Å². The van der Waals surface area contributed by atoms with Gasteiger partial charge in [-0.1, -0.05) is 13.8 Å². The van der Waals surface area contributed by atoms with Gasteiger partial charge in [-0.15, -0.1) is 0 Å². The summed E-state index contributed by atoms with van der Waals surface area (Å²) in [5, 5.41) is 11.9. The highest BCUT2D eigenvalue weighted by atomic mass is 16.3. The molecule has 0 aromatic carbocycles. The number of rotatable bonds is 5. The number of amides is 1. The van der Waals surface area contributed by atoms with Gasteiger partial charge in [-0.05, 0) is 25.7 Å². The molecule has 1 aliphatic rings. The second kappa shape index (κ2) is 4.09. The number of nitrogens with one attached hydrogen (secondary N) is 1. The summed E-state index contributed by atoms with van der Waals surface area (Å²) in [6, 6.07) is 0. The van der Waals surface area contributed by atoms with Crippen LogP contribution in [0, 0.1) is 5.92 Å². The number of aliphatic hydroxyl groups is 1. The zero-order valence-corrected chi connectivity index (χ0v) is 8.47. The highest BCUT2D eigenvalue weighted by Crippen LogP contribution is 2.35. The Labute approximate surface area is 79.5 Å². The van der Waals surface area contributed by atoms with Gasteiger partial charge in [0.15, 0.2) is 0 Å². The maximum atomic E-state index is 11.6. The van der Waals surface area contributed by atoms with Crippen molar-refractivity contribution in [3.05, 3.63) is 0 Å². The molecule has 3 nitrogen and oxygen atoms in total. The van der Waals surface area contributed by atoms with Crippen molar-refractivity contribution in [2.24, 2.45) is 5.92 Å². The predicted octanol–water partition coefficient (Wildman–Crippen LogP) is 1.06. The van der Waals surface area contributed by atoms with E-state index in [0.717, 1.165) is 25.7 Å². The number of hydrogen-bond donors (Lipinski definition) is 2. The fraction of sp³-hybridized carbons (Fsp3) is 0.900. The highest BCUT2D eigenvalue weighted by Gasteiger charge is 2.43. The van der Waals surface area contributed by atoms with Gasteiger partial charge in [0.2, 0.25) is 5.91 Å². The minimum atomic E-state index is -0.250. The van der Waals surface area contributed by atoms with Gasteiger partial charge in [0.1, 0.15) is 0 Å². The van der Waals surface area contributed by atoms with Crippen LogP contribution in [-0.2, 0) is 4.79 Å². The van der Waals surface area contributed by atoms with E-state index in [0.29, 0.717) is 0 Å². The van der Waals surface area contributed by atoms with Gasteiger partial charge in [0, 0.05) is 5.92 Å². The van der Waals surface area contributed by atoms with Gasteiger partial charge in [-0.2, -0.15) is 0 Å². The molecule has 0 aromatic rings. The Morgan fingerprint density at radius 2 is 2.00 bits per heavy atom. The Morgan fingerprint density at radius 3 is 2.31 bits per heavy atom.